The molecule has 2 N–H and O–H groups in total. The van der Waals surface area contributed by atoms with Crippen LogP contribution in [0.3, 0.4) is 0 Å². The number of piperazine rings is 1. The van der Waals surface area contributed by atoms with Crippen molar-refractivity contribution < 1.29 is 5.11 Å². The molecule has 0 saturated carbocycles. The van der Waals surface area contributed by atoms with E-state index >= 15 is 0 Å². The van der Waals surface area contributed by atoms with Crippen molar-refractivity contribution in [2.45, 2.75) is 19.4 Å². The Bertz CT molecular complexity index is 455. The molecule has 104 valence electrons. The number of benzene rings is 1. The zero-order valence-electron chi connectivity index (χ0n) is 11.3. The Hall–Kier alpha value is -0.840. The van der Waals surface area contributed by atoms with Crippen molar-refractivity contribution in [1.29, 1.82) is 0 Å². The molecule has 0 aromatic heterocycles. The van der Waals surface area contributed by atoms with Crippen molar-refractivity contribution >= 4 is 15.9 Å². The number of hydrogen-bond donors (Lipinski definition) is 2. The van der Waals surface area contributed by atoms with Crippen molar-refractivity contribution in [3.8, 4) is 5.75 Å². The van der Waals surface area contributed by atoms with Crippen LogP contribution in [0.4, 0.5) is 0 Å². The maximum Gasteiger partial charge on any atom is 0.120 e. The van der Waals surface area contributed by atoms with E-state index in [0.717, 1.165) is 48.2 Å². The summed E-state index contributed by atoms with van der Waals surface area (Å²) in [7, 11) is 0. The molecule has 4 heteroatoms. The van der Waals surface area contributed by atoms with Gasteiger partial charge in [-0.3, -0.25) is 4.90 Å². The van der Waals surface area contributed by atoms with E-state index in [2.05, 4.69) is 32.7 Å². The Morgan fingerprint density at radius 3 is 2.79 bits per heavy atom. The average Bonchev–Trinajstić information content (AvgIpc) is 2.40. The van der Waals surface area contributed by atoms with E-state index in [-0.39, 0.29) is 6.04 Å². The van der Waals surface area contributed by atoms with Crippen LogP contribution in [0.1, 0.15) is 24.9 Å². The number of aromatic hydroxyl groups is 1. The van der Waals surface area contributed by atoms with Crippen molar-refractivity contribution in [1.82, 2.24) is 10.2 Å². The van der Waals surface area contributed by atoms with Crippen LogP contribution in [0.2, 0.25) is 0 Å². The van der Waals surface area contributed by atoms with Crippen LogP contribution in [0.15, 0.2) is 34.8 Å². The summed E-state index contributed by atoms with van der Waals surface area (Å²) < 4.78 is 1.00. The fourth-order valence-electron chi connectivity index (χ4n) is 2.55. The van der Waals surface area contributed by atoms with Gasteiger partial charge in [0.2, 0.25) is 0 Å². The third-order valence-electron chi connectivity index (χ3n) is 3.48. The molecular weight excluding hydrogens is 304 g/mol. The minimum Gasteiger partial charge on any atom is -0.508 e. The van der Waals surface area contributed by atoms with Crippen molar-refractivity contribution in [2.75, 3.05) is 26.2 Å². The second-order valence-electron chi connectivity index (χ2n) is 5.17. The lowest BCUT2D eigenvalue weighted by molar-refractivity contribution is 0.170. The Kier molecular flexibility index (Phi) is 5.02. The molecule has 1 aromatic carbocycles. The van der Waals surface area contributed by atoms with E-state index in [1.807, 2.05) is 19.1 Å². The molecule has 3 nitrogen and oxygen atoms in total. The standard InChI is InChI=1S/C15H21BrN2O/c1-11(2)9-14(18-7-5-17-6-8-18)13-10-12(16)3-4-15(13)19/h3-4,10,14,17,19H,1,5-9H2,2H3/t14-/m0/s1. The lowest BCUT2D eigenvalue weighted by atomic mass is 9.97. The molecule has 2 rings (SSSR count). The molecule has 19 heavy (non-hydrogen) atoms. The molecule has 0 aliphatic carbocycles. The summed E-state index contributed by atoms with van der Waals surface area (Å²) in [6.07, 6.45) is 0.879. The molecule has 0 amide bonds. The number of nitrogens with one attached hydrogen (secondary N) is 1. The number of phenols is 1. The zero-order valence-corrected chi connectivity index (χ0v) is 12.9. The van der Waals surface area contributed by atoms with Crippen LogP contribution in [0.5, 0.6) is 5.75 Å². The largest absolute Gasteiger partial charge is 0.508 e. The summed E-state index contributed by atoms with van der Waals surface area (Å²) in [6, 6.07) is 5.85. The fraction of sp³-hybridized carbons (Fsp3) is 0.467. The molecule has 1 aliphatic rings. The van der Waals surface area contributed by atoms with Crippen LogP contribution in [0, 0.1) is 0 Å². The SMILES string of the molecule is C=C(C)C[C@@H](c1cc(Br)ccc1O)N1CCNCC1. The summed E-state index contributed by atoms with van der Waals surface area (Å²) in [4.78, 5) is 2.42. The number of halogens is 1. The predicted molar refractivity (Wildman–Crippen MR) is 82.4 cm³/mol. The van der Waals surface area contributed by atoms with Gasteiger partial charge in [0.25, 0.3) is 0 Å². The van der Waals surface area contributed by atoms with Gasteiger partial charge in [-0.2, -0.15) is 0 Å². The smallest absolute Gasteiger partial charge is 0.120 e. The molecule has 0 bridgehead atoms. The molecule has 1 fully saturated rings. The van der Waals surface area contributed by atoms with Gasteiger partial charge in [-0.25, -0.2) is 0 Å². The first-order valence-corrected chi connectivity index (χ1v) is 7.45. The molecule has 0 spiro atoms. The van der Waals surface area contributed by atoms with E-state index < -0.39 is 0 Å². The molecule has 0 unspecified atom stereocenters. The first-order valence-electron chi connectivity index (χ1n) is 6.65. The average molecular weight is 325 g/mol. The van der Waals surface area contributed by atoms with Gasteiger partial charge in [-0.05, 0) is 31.5 Å². The van der Waals surface area contributed by atoms with Gasteiger partial charge in [0, 0.05) is 42.3 Å². The molecule has 0 radical (unpaired) electrons. The monoisotopic (exact) mass is 324 g/mol. The highest BCUT2D eigenvalue weighted by Crippen LogP contribution is 2.35. The highest BCUT2D eigenvalue weighted by molar-refractivity contribution is 9.10. The lowest BCUT2D eigenvalue weighted by Crippen LogP contribution is -2.45. The van der Waals surface area contributed by atoms with Crippen molar-refractivity contribution in [2.24, 2.45) is 0 Å². The zero-order chi connectivity index (χ0) is 13.8. The van der Waals surface area contributed by atoms with Gasteiger partial charge < -0.3 is 10.4 Å². The highest BCUT2D eigenvalue weighted by Gasteiger charge is 2.24. The van der Waals surface area contributed by atoms with E-state index in [1.165, 1.54) is 0 Å². The highest BCUT2D eigenvalue weighted by atomic mass is 79.9. The summed E-state index contributed by atoms with van der Waals surface area (Å²) in [5.74, 6) is 0.369. The number of nitrogens with zero attached hydrogens (tertiary/aromatic N) is 1. The van der Waals surface area contributed by atoms with Gasteiger partial charge in [-0.1, -0.05) is 21.5 Å². The first kappa shape index (κ1) is 14.6. The minimum absolute atomic E-state index is 0.206. The van der Waals surface area contributed by atoms with Crippen LogP contribution in [-0.4, -0.2) is 36.2 Å². The normalized spacial score (nSPS) is 18.2. The maximum absolute atomic E-state index is 10.2. The summed E-state index contributed by atoms with van der Waals surface area (Å²) in [5, 5.41) is 13.5. The molecular formula is C15H21BrN2O. The second kappa shape index (κ2) is 6.55. The van der Waals surface area contributed by atoms with E-state index in [9.17, 15) is 5.11 Å². The van der Waals surface area contributed by atoms with E-state index in [0.29, 0.717) is 5.75 Å². The summed E-state index contributed by atoms with van der Waals surface area (Å²) >= 11 is 3.49. The topological polar surface area (TPSA) is 35.5 Å². The van der Waals surface area contributed by atoms with Crippen LogP contribution in [-0.2, 0) is 0 Å². The Morgan fingerprint density at radius 1 is 1.47 bits per heavy atom. The van der Waals surface area contributed by atoms with Gasteiger partial charge in [-0.15, -0.1) is 6.58 Å². The summed E-state index contributed by atoms with van der Waals surface area (Å²) in [6.45, 7) is 10.1. The molecule has 1 aliphatic heterocycles. The Morgan fingerprint density at radius 2 is 2.16 bits per heavy atom. The maximum atomic E-state index is 10.2. The number of rotatable bonds is 4. The number of phenolic OH excluding ortho intramolecular Hbond substituents is 1. The molecule has 1 atom stereocenters. The summed E-state index contributed by atoms with van der Waals surface area (Å²) in [5.41, 5.74) is 2.13. The Balaban J connectivity index is 2.29. The quantitative estimate of drug-likeness (QED) is 0.835. The predicted octanol–water partition coefficient (Wildman–Crippen LogP) is 3.07. The Labute approximate surface area is 123 Å². The third kappa shape index (κ3) is 3.81. The molecule has 1 aromatic rings. The van der Waals surface area contributed by atoms with E-state index in [1.54, 1.807) is 6.07 Å². The van der Waals surface area contributed by atoms with Crippen molar-refractivity contribution in [3.05, 3.63) is 40.4 Å². The molecule has 1 saturated heterocycles. The minimum atomic E-state index is 0.206. The number of hydrogen-bond acceptors (Lipinski definition) is 3. The van der Waals surface area contributed by atoms with Crippen LogP contribution in [0.25, 0.3) is 0 Å². The van der Waals surface area contributed by atoms with Crippen molar-refractivity contribution in [3.63, 3.8) is 0 Å². The van der Waals surface area contributed by atoms with Gasteiger partial charge in [0.05, 0.1) is 0 Å². The van der Waals surface area contributed by atoms with E-state index in [4.69, 9.17) is 0 Å². The first-order chi connectivity index (χ1) is 9.08. The second-order valence-corrected chi connectivity index (χ2v) is 6.08. The van der Waals surface area contributed by atoms with Crippen LogP contribution >= 0.6 is 15.9 Å². The van der Waals surface area contributed by atoms with Gasteiger partial charge in [0.15, 0.2) is 0 Å². The lowest BCUT2D eigenvalue weighted by Gasteiger charge is -2.35. The van der Waals surface area contributed by atoms with Gasteiger partial charge in [0.1, 0.15) is 5.75 Å². The molecule has 1 heterocycles. The fourth-order valence-corrected chi connectivity index (χ4v) is 2.93. The van der Waals surface area contributed by atoms with Gasteiger partial charge >= 0.3 is 0 Å². The third-order valence-corrected chi connectivity index (χ3v) is 3.98. The van der Waals surface area contributed by atoms with Crippen LogP contribution < -0.4 is 5.32 Å².